The molecular weight excluding hydrogens is 406 g/mol. The molecule has 0 saturated carbocycles. The first-order valence-corrected chi connectivity index (χ1v) is 10.0. The third-order valence-corrected chi connectivity index (χ3v) is 4.14. The number of carboxylic acid groups (broad SMARTS) is 1. The average Bonchev–Trinajstić information content (AvgIpc) is 2.70. The molecule has 0 fully saturated rings. The van der Waals surface area contributed by atoms with Gasteiger partial charge in [0.1, 0.15) is 12.6 Å². The number of esters is 1. The molecule has 0 bridgehead atoms. The molecule has 10 nitrogen and oxygen atoms in total. The molecule has 10 heteroatoms. The number of hydrogen-bond donors (Lipinski definition) is 4. The van der Waals surface area contributed by atoms with Gasteiger partial charge in [-0.1, -0.05) is 44.2 Å². The third-order valence-electron chi connectivity index (χ3n) is 4.14. The molecule has 4 N–H and O–H groups in total. The van der Waals surface area contributed by atoms with E-state index in [2.05, 4.69) is 10.6 Å². The summed E-state index contributed by atoms with van der Waals surface area (Å²) >= 11 is 0. The van der Waals surface area contributed by atoms with E-state index < -0.39 is 36.7 Å². The lowest BCUT2D eigenvalue weighted by Gasteiger charge is -2.28. The van der Waals surface area contributed by atoms with Gasteiger partial charge in [-0.05, 0) is 11.5 Å². The first kappa shape index (κ1) is 25.9. The highest BCUT2D eigenvalue weighted by molar-refractivity contribution is 5.84. The van der Waals surface area contributed by atoms with Crippen LogP contribution in [0.2, 0.25) is 0 Å². The molecule has 172 valence electrons. The number of benzene rings is 1. The summed E-state index contributed by atoms with van der Waals surface area (Å²) in [5.74, 6) is -2.39. The Morgan fingerprint density at radius 2 is 1.74 bits per heavy atom. The van der Waals surface area contributed by atoms with Crippen molar-refractivity contribution in [3.8, 4) is 0 Å². The molecule has 2 unspecified atom stereocenters. The number of hydrogen-bond acceptors (Lipinski definition) is 6. The zero-order valence-electron chi connectivity index (χ0n) is 18.0. The summed E-state index contributed by atoms with van der Waals surface area (Å²) in [4.78, 5) is 48.5. The van der Waals surface area contributed by atoms with Crippen molar-refractivity contribution in [3.63, 3.8) is 0 Å². The Labute approximate surface area is 181 Å². The number of rotatable bonds is 12. The van der Waals surface area contributed by atoms with Crippen LogP contribution in [0.5, 0.6) is 0 Å². The topological polar surface area (TPSA) is 145 Å². The van der Waals surface area contributed by atoms with E-state index in [1.165, 1.54) is 6.92 Å². The number of aliphatic hydroxyl groups excluding tert-OH is 1. The Balaban J connectivity index is 2.90. The molecule has 1 aromatic rings. The lowest BCUT2D eigenvalue weighted by atomic mass is 10.1. The van der Waals surface area contributed by atoms with Gasteiger partial charge in [-0.3, -0.25) is 4.79 Å². The second-order valence-corrected chi connectivity index (χ2v) is 7.50. The van der Waals surface area contributed by atoms with Crippen molar-refractivity contribution in [1.29, 1.82) is 0 Å². The lowest BCUT2D eigenvalue weighted by Crippen LogP contribution is -2.52. The maximum Gasteiger partial charge on any atom is 0.334 e. The van der Waals surface area contributed by atoms with Crippen LogP contribution in [0.15, 0.2) is 30.3 Å². The Hall–Kier alpha value is -3.14. The molecule has 0 saturated heterocycles. The highest BCUT2D eigenvalue weighted by atomic mass is 16.5. The minimum atomic E-state index is -1.75. The number of aliphatic carboxylic acids is 1. The van der Waals surface area contributed by atoms with E-state index in [1.54, 1.807) is 24.3 Å². The molecule has 0 aromatic heterocycles. The zero-order chi connectivity index (χ0) is 23.4. The number of nitrogens with one attached hydrogen (secondary N) is 2. The van der Waals surface area contributed by atoms with Gasteiger partial charge in [-0.15, -0.1) is 0 Å². The summed E-state index contributed by atoms with van der Waals surface area (Å²) in [6, 6.07) is 7.28. The molecule has 0 aliphatic carbocycles. The van der Waals surface area contributed by atoms with Crippen LogP contribution in [0.3, 0.4) is 0 Å². The van der Waals surface area contributed by atoms with Crippen LogP contribution < -0.4 is 10.6 Å². The van der Waals surface area contributed by atoms with Crippen LogP contribution in [-0.2, 0) is 25.5 Å². The Morgan fingerprint density at radius 3 is 2.29 bits per heavy atom. The maximum atomic E-state index is 12.8. The first-order chi connectivity index (χ1) is 14.6. The van der Waals surface area contributed by atoms with Crippen LogP contribution in [0.4, 0.5) is 4.79 Å². The molecule has 0 aliphatic heterocycles. The molecule has 1 rings (SSSR count). The van der Waals surface area contributed by atoms with E-state index in [4.69, 9.17) is 9.84 Å². The fourth-order valence-electron chi connectivity index (χ4n) is 2.73. The minimum Gasteiger partial charge on any atom is -0.479 e. The van der Waals surface area contributed by atoms with Crippen LogP contribution in [0.1, 0.15) is 26.3 Å². The Bertz CT molecular complexity index is 740. The van der Waals surface area contributed by atoms with Crippen LogP contribution >= 0.6 is 0 Å². The SMILES string of the molecule is CC(=O)NCCOC(=O)C(Cc1ccccc1)NC(=O)N(CC(C)C)CC(O)C(=O)O. The summed E-state index contributed by atoms with van der Waals surface area (Å²) < 4.78 is 5.18. The minimum absolute atomic E-state index is 0.00363. The quantitative estimate of drug-likeness (QED) is 0.273. The molecule has 0 aliphatic rings. The number of amides is 3. The van der Waals surface area contributed by atoms with Gasteiger partial charge >= 0.3 is 18.0 Å². The van der Waals surface area contributed by atoms with Gasteiger partial charge in [0.25, 0.3) is 0 Å². The molecule has 2 atom stereocenters. The lowest BCUT2D eigenvalue weighted by molar-refractivity contribution is -0.148. The van der Waals surface area contributed by atoms with Gasteiger partial charge in [0, 0.05) is 19.9 Å². The van der Waals surface area contributed by atoms with Crippen molar-refractivity contribution >= 4 is 23.9 Å². The molecule has 0 heterocycles. The van der Waals surface area contributed by atoms with Gasteiger partial charge in [-0.25, -0.2) is 14.4 Å². The van der Waals surface area contributed by atoms with Gasteiger partial charge in [0.15, 0.2) is 6.10 Å². The predicted octanol–water partition coefficient (Wildman–Crippen LogP) is 0.390. The van der Waals surface area contributed by atoms with Gasteiger partial charge in [0.2, 0.25) is 5.91 Å². The van der Waals surface area contributed by atoms with Gasteiger partial charge in [0.05, 0.1) is 13.1 Å². The van der Waals surface area contributed by atoms with E-state index in [-0.39, 0.29) is 37.9 Å². The number of nitrogens with zero attached hydrogens (tertiary/aromatic N) is 1. The van der Waals surface area contributed by atoms with Crippen molar-refractivity contribution in [2.75, 3.05) is 26.2 Å². The average molecular weight is 437 g/mol. The van der Waals surface area contributed by atoms with Crippen LogP contribution in [0.25, 0.3) is 0 Å². The van der Waals surface area contributed by atoms with Crippen molar-refractivity contribution in [1.82, 2.24) is 15.5 Å². The molecule has 0 spiro atoms. The van der Waals surface area contributed by atoms with Crippen LogP contribution in [0, 0.1) is 5.92 Å². The van der Waals surface area contributed by atoms with E-state index >= 15 is 0 Å². The van der Waals surface area contributed by atoms with Crippen molar-refractivity contribution in [2.24, 2.45) is 5.92 Å². The van der Waals surface area contributed by atoms with Crippen LogP contribution in [-0.4, -0.2) is 77.4 Å². The molecule has 3 amide bonds. The number of ether oxygens (including phenoxy) is 1. The number of carbonyl (C=O) groups is 4. The summed E-state index contributed by atoms with van der Waals surface area (Å²) in [7, 11) is 0. The van der Waals surface area contributed by atoms with Crippen molar-refractivity contribution in [2.45, 2.75) is 39.3 Å². The summed E-state index contributed by atoms with van der Waals surface area (Å²) in [6.45, 7) is 4.86. The first-order valence-electron chi connectivity index (χ1n) is 10.0. The molecule has 1 aromatic carbocycles. The smallest absolute Gasteiger partial charge is 0.334 e. The van der Waals surface area contributed by atoms with E-state index in [9.17, 15) is 24.3 Å². The van der Waals surface area contributed by atoms with E-state index in [1.807, 2.05) is 19.9 Å². The second-order valence-electron chi connectivity index (χ2n) is 7.50. The third kappa shape index (κ3) is 10.4. The molecule has 0 radical (unpaired) electrons. The second kappa shape index (κ2) is 13.2. The fourth-order valence-corrected chi connectivity index (χ4v) is 2.73. The summed E-state index contributed by atoms with van der Waals surface area (Å²) in [5, 5.41) is 23.7. The van der Waals surface area contributed by atoms with Gasteiger partial charge in [-0.2, -0.15) is 0 Å². The summed E-state index contributed by atoms with van der Waals surface area (Å²) in [6.07, 6.45) is -1.59. The van der Waals surface area contributed by atoms with Crippen molar-refractivity contribution < 1.29 is 34.1 Å². The summed E-state index contributed by atoms with van der Waals surface area (Å²) in [5.41, 5.74) is 0.785. The van der Waals surface area contributed by atoms with E-state index in [0.29, 0.717) is 0 Å². The van der Waals surface area contributed by atoms with E-state index in [0.717, 1.165) is 10.5 Å². The number of carboxylic acids is 1. The Kier molecular flexibility index (Phi) is 11.0. The maximum absolute atomic E-state index is 12.8. The van der Waals surface area contributed by atoms with Gasteiger partial charge < -0.3 is 30.5 Å². The monoisotopic (exact) mass is 437 g/mol. The normalized spacial score (nSPS) is 12.5. The highest BCUT2D eigenvalue weighted by Crippen LogP contribution is 2.07. The highest BCUT2D eigenvalue weighted by Gasteiger charge is 2.28. The number of urea groups is 1. The number of carbonyl (C=O) groups excluding carboxylic acids is 3. The van der Waals surface area contributed by atoms with Crippen molar-refractivity contribution in [3.05, 3.63) is 35.9 Å². The Morgan fingerprint density at radius 1 is 1.10 bits per heavy atom. The standard InChI is InChI=1S/C21H31N3O7/c1-14(2)12-24(13-18(26)19(27)28)21(30)23-17(11-16-7-5-4-6-8-16)20(29)31-10-9-22-15(3)25/h4-8,14,17-18,26H,9-13H2,1-3H3,(H,22,25)(H,23,30)(H,27,28). The molecular formula is C21H31N3O7. The number of aliphatic hydroxyl groups is 1. The zero-order valence-corrected chi connectivity index (χ0v) is 18.0. The molecule has 31 heavy (non-hydrogen) atoms. The fraction of sp³-hybridized carbons (Fsp3) is 0.524. The predicted molar refractivity (Wildman–Crippen MR) is 112 cm³/mol. The largest absolute Gasteiger partial charge is 0.479 e.